The zero-order valence-corrected chi connectivity index (χ0v) is 23.6. The summed E-state index contributed by atoms with van der Waals surface area (Å²) in [6.45, 7) is 5.10. The van der Waals surface area contributed by atoms with Crippen LogP contribution in [0, 0.1) is 16.7 Å². The number of nitrogens with zero attached hydrogens (tertiary/aromatic N) is 1. The van der Waals surface area contributed by atoms with Crippen molar-refractivity contribution in [2.75, 3.05) is 20.8 Å². The Morgan fingerprint density at radius 2 is 1.85 bits per heavy atom. The highest BCUT2D eigenvalue weighted by Crippen LogP contribution is 2.63. The molecule has 1 saturated heterocycles. The van der Waals surface area contributed by atoms with E-state index in [1.807, 2.05) is 25.8 Å². The summed E-state index contributed by atoms with van der Waals surface area (Å²) in [5.41, 5.74) is -0.638. The Balaban J connectivity index is 1.71. The molecule has 0 amide bonds. The molecular weight excluding hydrogens is 502 g/mol. The van der Waals surface area contributed by atoms with Crippen LogP contribution in [-0.4, -0.2) is 78.0 Å². The van der Waals surface area contributed by atoms with Crippen molar-refractivity contribution in [3.63, 3.8) is 0 Å². The molecule has 6 atom stereocenters. The second-order valence-electron chi connectivity index (χ2n) is 12.4. The zero-order chi connectivity index (χ0) is 28.3. The summed E-state index contributed by atoms with van der Waals surface area (Å²) in [5.74, 6) is -2.53. The van der Waals surface area contributed by atoms with Crippen LogP contribution in [0.1, 0.15) is 72.1 Å². The van der Waals surface area contributed by atoms with Crippen LogP contribution in [0.4, 0.5) is 0 Å². The van der Waals surface area contributed by atoms with E-state index in [4.69, 9.17) is 14.2 Å². The number of carbonyl (C=O) groups is 3. The Bertz CT molecular complexity index is 1160. The topological polar surface area (TPSA) is 123 Å². The third kappa shape index (κ3) is 4.24. The zero-order valence-electron chi connectivity index (χ0n) is 23.6. The summed E-state index contributed by atoms with van der Waals surface area (Å²) >= 11 is 0. The summed E-state index contributed by atoms with van der Waals surface area (Å²) in [6.07, 6.45) is 6.10. The fourth-order valence-corrected chi connectivity index (χ4v) is 8.07. The number of fused-ring (bicyclic) bond motifs is 4. The summed E-state index contributed by atoms with van der Waals surface area (Å²) in [4.78, 5) is 41.9. The summed E-state index contributed by atoms with van der Waals surface area (Å²) < 4.78 is 17.3. The SMILES string of the molecule is COC[C@H]1OC(=O)C(=CN(C)C2CCCCC2)C2=C(O)C(=O)C3=C([C@H](OC(C)=O)C[C@@]4(C)C3CC[C@@H]4O)[C@]21C. The van der Waals surface area contributed by atoms with Gasteiger partial charge in [-0.2, -0.15) is 0 Å². The first-order valence-electron chi connectivity index (χ1n) is 14.2. The van der Waals surface area contributed by atoms with Gasteiger partial charge in [-0.15, -0.1) is 0 Å². The van der Waals surface area contributed by atoms with Crippen LogP contribution in [0.25, 0.3) is 0 Å². The van der Waals surface area contributed by atoms with Crippen molar-refractivity contribution >= 4 is 17.7 Å². The fraction of sp³-hybridized carbons (Fsp3) is 0.700. The smallest absolute Gasteiger partial charge is 0.340 e. The number of ketones is 1. The van der Waals surface area contributed by atoms with Crippen LogP contribution in [0.15, 0.2) is 34.3 Å². The Kier molecular flexibility index (Phi) is 7.21. The van der Waals surface area contributed by atoms with Gasteiger partial charge < -0.3 is 29.3 Å². The summed E-state index contributed by atoms with van der Waals surface area (Å²) in [7, 11) is 3.41. The lowest BCUT2D eigenvalue weighted by Crippen LogP contribution is -2.57. The van der Waals surface area contributed by atoms with Gasteiger partial charge in [-0.25, -0.2) is 4.79 Å². The Morgan fingerprint density at radius 3 is 2.49 bits per heavy atom. The van der Waals surface area contributed by atoms with Gasteiger partial charge >= 0.3 is 11.9 Å². The van der Waals surface area contributed by atoms with Crippen molar-refractivity contribution in [1.29, 1.82) is 0 Å². The molecule has 5 rings (SSSR count). The molecule has 4 aliphatic carbocycles. The van der Waals surface area contributed by atoms with Crippen LogP contribution in [0.5, 0.6) is 0 Å². The lowest BCUT2D eigenvalue weighted by molar-refractivity contribution is -0.161. The highest BCUT2D eigenvalue weighted by atomic mass is 16.6. The summed E-state index contributed by atoms with van der Waals surface area (Å²) in [6, 6.07) is 0.239. The van der Waals surface area contributed by atoms with Gasteiger partial charge in [0.15, 0.2) is 5.76 Å². The van der Waals surface area contributed by atoms with Crippen molar-refractivity contribution in [2.45, 2.75) is 96.5 Å². The van der Waals surface area contributed by atoms with E-state index in [0.717, 1.165) is 25.7 Å². The summed E-state index contributed by atoms with van der Waals surface area (Å²) in [5, 5.41) is 22.6. The van der Waals surface area contributed by atoms with Crippen LogP contribution in [0.3, 0.4) is 0 Å². The monoisotopic (exact) mass is 543 g/mol. The number of aliphatic hydroxyl groups is 2. The molecule has 5 aliphatic rings. The first-order valence-corrected chi connectivity index (χ1v) is 14.2. The molecule has 0 radical (unpaired) electrons. The molecule has 214 valence electrons. The molecule has 2 saturated carbocycles. The molecule has 9 heteroatoms. The predicted octanol–water partition coefficient (Wildman–Crippen LogP) is 3.52. The average Bonchev–Trinajstić information content (AvgIpc) is 3.18. The second kappa shape index (κ2) is 10.1. The Hall–Kier alpha value is -2.65. The van der Waals surface area contributed by atoms with Gasteiger partial charge in [-0.05, 0) is 50.5 Å². The molecule has 1 unspecified atom stereocenters. The van der Waals surface area contributed by atoms with E-state index in [-0.39, 0.29) is 29.7 Å². The first kappa shape index (κ1) is 27.9. The number of aliphatic hydroxyl groups excluding tert-OH is 2. The van der Waals surface area contributed by atoms with Gasteiger partial charge in [0.05, 0.1) is 23.7 Å². The van der Waals surface area contributed by atoms with E-state index in [2.05, 4.69) is 0 Å². The van der Waals surface area contributed by atoms with Crippen molar-refractivity contribution < 1.29 is 38.8 Å². The maximum absolute atomic E-state index is 14.1. The molecule has 2 N–H and O–H groups in total. The minimum absolute atomic E-state index is 0.0209. The molecule has 0 bridgehead atoms. The molecule has 0 aromatic heterocycles. The number of cyclic esters (lactones) is 1. The highest BCUT2D eigenvalue weighted by Gasteiger charge is 2.64. The van der Waals surface area contributed by atoms with Crippen molar-refractivity contribution in [3.8, 4) is 0 Å². The van der Waals surface area contributed by atoms with Crippen LogP contribution >= 0.6 is 0 Å². The normalized spacial score (nSPS) is 37.8. The number of hydrogen-bond acceptors (Lipinski definition) is 9. The standard InChI is InChI=1S/C30H41NO8/c1-16(32)38-20-13-29(2)19(11-12-21(29)33)23-25(20)30(3)22(15-37-5)39-28(36)18(24(30)27(35)26(23)34)14-31(4)17-9-7-6-8-10-17/h14,17,19-22,33,35H,6-13,15H2,1-5H3/t19?,20-,21+,22-,29+,30+/m1/s1. The molecule has 1 aliphatic heterocycles. The number of methoxy groups -OCH3 is 1. The lowest BCUT2D eigenvalue weighted by atomic mass is 9.53. The minimum Gasteiger partial charge on any atom is -0.504 e. The third-order valence-corrected chi connectivity index (χ3v) is 10.1. The highest BCUT2D eigenvalue weighted by molar-refractivity contribution is 6.13. The molecular formula is C30H41NO8. The number of Topliss-reactive ketones (excluding diaryl/α,β-unsaturated/α-hetero) is 1. The number of hydrogen-bond donors (Lipinski definition) is 2. The van der Waals surface area contributed by atoms with E-state index in [0.29, 0.717) is 30.4 Å². The van der Waals surface area contributed by atoms with Crippen molar-refractivity contribution in [2.24, 2.45) is 16.7 Å². The Morgan fingerprint density at radius 1 is 1.15 bits per heavy atom. The molecule has 0 aromatic rings. The van der Waals surface area contributed by atoms with E-state index in [1.165, 1.54) is 20.5 Å². The van der Waals surface area contributed by atoms with Gasteiger partial charge in [0.25, 0.3) is 0 Å². The van der Waals surface area contributed by atoms with E-state index in [1.54, 1.807) is 6.20 Å². The molecule has 9 nitrogen and oxygen atoms in total. The molecule has 0 aromatic carbocycles. The van der Waals surface area contributed by atoms with E-state index < -0.39 is 52.6 Å². The van der Waals surface area contributed by atoms with Gasteiger partial charge in [0.1, 0.15) is 12.2 Å². The number of esters is 2. The maximum atomic E-state index is 14.1. The number of carbonyl (C=O) groups excluding carboxylic acids is 3. The average molecular weight is 544 g/mol. The van der Waals surface area contributed by atoms with Gasteiger partial charge in [0, 0.05) is 49.9 Å². The van der Waals surface area contributed by atoms with E-state index >= 15 is 0 Å². The number of rotatable bonds is 5. The molecule has 3 fully saturated rings. The minimum atomic E-state index is -1.19. The Labute approximate surface area is 229 Å². The first-order chi connectivity index (χ1) is 18.4. The van der Waals surface area contributed by atoms with E-state index in [9.17, 15) is 24.6 Å². The molecule has 39 heavy (non-hydrogen) atoms. The van der Waals surface area contributed by atoms with Crippen LogP contribution in [0.2, 0.25) is 0 Å². The molecule has 1 heterocycles. The predicted molar refractivity (Wildman–Crippen MR) is 141 cm³/mol. The largest absolute Gasteiger partial charge is 0.504 e. The van der Waals surface area contributed by atoms with Crippen molar-refractivity contribution in [1.82, 2.24) is 4.90 Å². The fourth-order valence-electron chi connectivity index (χ4n) is 8.07. The van der Waals surface area contributed by atoms with Gasteiger partial charge in [0.2, 0.25) is 5.78 Å². The van der Waals surface area contributed by atoms with Crippen molar-refractivity contribution in [3.05, 3.63) is 34.3 Å². The number of allylic oxidation sites excluding steroid dienone is 1. The second-order valence-corrected chi connectivity index (χ2v) is 12.4. The number of ether oxygens (including phenoxy) is 3. The lowest BCUT2D eigenvalue weighted by Gasteiger charge is -2.54. The van der Waals surface area contributed by atoms with Gasteiger partial charge in [-0.3, -0.25) is 9.59 Å². The third-order valence-electron chi connectivity index (χ3n) is 10.1. The quantitative estimate of drug-likeness (QED) is 0.396. The maximum Gasteiger partial charge on any atom is 0.340 e. The van der Waals surface area contributed by atoms with Gasteiger partial charge in [-0.1, -0.05) is 26.2 Å². The molecule has 0 spiro atoms. The van der Waals surface area contributed by atoms with Crippen LogP contribution in [-0.2, 0) is 28.6 Å². The van der Waals surface area contributed by atoms with Crippen LogP contribution < -0.4 is 0 Å².